The van der Waals surface area contributed by atoms with Crippen LogP contribution in [0.3, 0.4) is 0 Å². The molecule has 0 aromatic carbocycles. The number of nitrogens with two attached hydrogens (primary N) is 1. The molecule has 1 heterocycles. The van der Waals surface area contributed by atoms with Crippen molar-refractivity contribution in [2.24, 2.45) is 17.6 Å². The summed E-state index contributed by atoms with van der Waals surface area (Å²) in [4.78, 5) is 2.47. The van der Waals surface area contributed by atoms with Crippen LogP contribution in [-0.4, -0.2) is 41.3 Å². The van der Waals surface area contributed by atoms with E-state index in [1.807, 2.05) is 6.92 Å². The lowest BCUT2D eigenvalue weighted by Gasteiger charge is -2.31. The minimum atomic E-state index is -0.714. The third-order valence-corrected chi connectivity index (χ3v) is 3.81. The van der Waals surface area contributed by atoms with Gasteiger partial charge in [-0.25, -0.2) is 0 Å². The lowest BCUT2D eigenvalue weighted by molar-refractivity contribution is 0.0322. The molecule has 0 bridgehead atoms. The maximum absolute atomic E-state index is 9.93. The summed E-state index contributed by atoms with van der Waals surface area (Å²) in [6.07, 6.45) is 0.767. The van der Waals surface area contributed by atoms with Gasteiger partial charge < -0.3 is 15.7 Å². The summed E-state index contributed by atoms with van der Waals surface area (Å²) in [5.74, 6) is 1.55. The Balaban J connectivity index is 2.45. The summed E-state index contributed by atoms with van der Waals surface area (Å²) in [6.45, 7) is 11.3. The largest absolute Gasteiger partial charge is 0.389 e. The zero-order valence-corrected chi connectivity index (χ0v) is 10.5. The minimum absolute atomic E-state index is 0.344. The van der Waals surface area contributed by atoms with Gasteiger partial charge in [-0.3, -0.25) is 0 Å². The second kappa shape index (κ2) is 4.81. The lowest BCUT2D eigenvalue weighted by Crippen LogP contribution is -2.42. The lowest BCUT2D eigenvalue weighted by atomic mass is 9.97. The molecule has 90 valence electrons. The SMILES string of the molecule is CC1CN(C(C)CC(C)(O)CN)CC1C. The van der Waals surface area contributed by atoms with E-state index >= 15 is 0 Å². The Hall–Kier alpha value is -0.120. The van der Waals surface area contributed by atoms with Gasteiger partial charge in [0, 0.05) is 25.7 Å². The summed E-state index contributed by atoms with van der Waals surface area (Å²) < 4.78 is 0. The molecule has 1 fully saturated rings. The van der Waals surface area contributed by atoms with Crippen LogP contribution in [-0.2, 0) is 0 Å². The van der Waals surface area contributed by atoms with Crippen LogP contribution in [0.4, 0.5) is 0 Å². The fourth-order valence-electron chi connectivity index (χ4n) is 2.38. The Kier molecular flexibility index (Phi) is 4.15. The van der Waals surface area contributed by atoms with Gasteiger partial charge in [0.25, 0.3) is 0 Å². The molecule has 1 rings (SSSR count). The van der Waals surface area contributed by atoms with Crippen LogP contribution < -0.4 is 5.73 Å². The van der Waals surface area contributed by atoms with Crippen LogP contribution in [0.25, 0.3) is 0 Å². The first-order valence-electron chi connectivity index (χ1n) is 6.02. The van der Waals surface area contributed by atoms with Crippen molar-refractivity contribution in [2.45, 2.75) is 45.8 Å². The molecule has 1 aliphatic heterocycles. The van der Waals surface area contributed by atoms with E-state index in [1.54, 1.807) is 0 Å². The van der Waals surface area contributed by atoms with Gasteiger partial charge in [-0.2, -0.15) is 0 Å². The highest BCUT2D eigenvalue weighted by atomic mass is 16.3. The summed E-state index contributed by atoms with van der Waals surface area (Å²) in [5.41, 5.74) is 4.83. The molecule has 0 aromatic heterocycles. The van der Waals surface area contributed by atoms with Crippen LogP contribution in [0.5, 0.6) is 0 Å². The van der Waals surface area contributed by atoms with Gasteiger partial charge in [0.15, 0.2) is 0 Å². The van der Waals surface area contributed by atoms with Crippen molar-refractivity contribution in [3.63, 3.8) is 0 Å². The average Bonchev–Trinajstić information content (AvgIpc) is 2.47. The molecule has 0 radical (unpaired) electrons. The Morgan fingerprint density at radius 3 is 2.27 bits per heavy atom. The van der Waals surface area contributed by atoms with Crippen LogP contribution >= 0.6 is 0 Å². The average molecular weight is 214 g/mol. The first-order chi connectivity index (χ1) is 6.85. The Morgan fingerprint density at radius 1 is 1.40 bits per heavy atom. The predicted octanol–water partition coefficient (Wildman–Crippen LogP) is 1.06. The fourth-order valence-corrected chi connectivity index (χ4v) is 2.38. The van der Waals surface area contributed by atoms with E-state index in [2.05, 4.69) is 25.7 Å². The van der Waals surface area contributed by atoms with Gasteiger partial charge in [-0.05, 0) is 32.1 Å². The highest BCUT2D eigenvalue weighted by molar-refractivity contribution is 4.86. The molecule has 3 nitrogen and oxygen atoms in total. The van der Waals surface area contributed by atoms with E-state index in [9.17, 15) is 5.11 Å². The molecule has 4 atom stereocenters. The van der Waals surface area contributed by atoms with Gasteiger partial charge in [-0.1, -0.05) is 13.8 Å². The molecule has 1 saturated heterocycles. The van der Waals surface area contributed by atoms with Crippen LogP contribution in [0, 0.1) is 11.8 Å². The Morgan fingerprint density at radius 2 is 1.87 bits per heavy atom. The van der Waals surface area contributed by atoms with Gasteiger partial charge in [-0.15, -0.1) is 0 Å². The van der Waals surface area contributed by atoms with E-state index < -0.39 is 5.60 Å². The third-order valence-electron chi connectivity index (χ3n) is 3.81. The van der Waals surface area contributed by atoms with Crippen molar-refractivity contribution >= 4 is 0 Å². The first-order valence-corrected chi connectivity index (χ1v) is 6.02. The number of likely N-dealkylation sites (tertiary alicyclic amines) is 1. The Labute approximate surface area is 93.6 Å². The van der Waals surface area contributed by atoms with E-state index in [4.69, 9.17) is 5.73 Å². The maximum atomic E-state index is 9.93. The standard InChI is InChI=1S/C12H26N2O/c1-9-6-14(7-10(9)2)11(3)5-12(4,15)8-13/h9-11,15H,5-8,13H2,1-4H3. The van der Waals surface area contributed by atoms with Crippen molar-refractivity contribution in [1.82, 2.24) is 4.90 Å². The second-order valence-corrected chi connectivity index (χ2v) is 5.66. The van der Waals surface area contributed by atoms with Gasteiger partial charge in [0.1, 0.15) is 0 Å². The summed E-state index contributed by atoms with van der Waals surface area (Å²) >= 11 is 0. The van der Waals surface area contributed by atoms with Crippen LogP contribution in [0.1, 0.15) is 34.1 Å². The molecule has 0 aromatic rings. The highest BCUT2D eigenvalue weighted by Crippen LogP contribution is 2.26. The van der Waals surface area contributed by atoms with E-state index in [0.717, 1.165) is 31.3 Å². The summed E-state index contributed by atoms with van der Waals surface area (Å²) in [7, 11) is 0. The maximum Gasteiger partial charge on any atom is 0.0756 e. The molecule has 1 aliphatic rings. The van der Waals surface area contributed by atoms with Crippen molar-refractivity contribution in [1.29, 1.82) is 0 Å². The van der Waals surface area contributed by atoms with Crippen LogP contribution in [0.15, 0.2) is 0 Å². The predicted molar refractivity (Wildman–Crippen MR) is 63.7 cm³/mol. The van der Waals surface area contributed by atoms with Crippen LogP contribution in [0.2, 0.25) is 0 Å². The molecule has 0 amide bonds. The zero-order valence-electron chi connectivity index (χ0n) is 10.5. The van der Waals surface area contributed by atoms with Crippen molar-refractivity contribution in [2.75, 3.05) is 19.6 Å². The summed E-state index contributed by atoms with van der Waals surface area (Å²) in [6, 6.07) is 0.427. The minimum Gasteiger partial charge on any atom is -0.389 e. The topological polar surface area (TPSA) is 49.5 Å². The second-order valence-electron chi connectivity index (χ2n) is 5.66. The van der Waals surface area contributed by atoms with Gasteiger partial charge in [0.05, 0.1) is 5.60 Å². The molecule has 0 aliphatic carbocycles. The number of nitrogens with zero attached hydrogens (tertiary/aromatic N) is 1. The molecular formula is C12H26N2O. The molecule has 4 unspecified atom stereocenters. The molecule has 0 spiro atoms. The number of hydrogen-bond acceptors (Lipinski definition) is 3. The zero-order chi connectivity index (χ0) is 11.6. The molecule has 15 heavy (non-hydrogen) atoms. The normalized spacial score (nSPS) is 34.0. The van der Waals surface area contributed by atoms with E-state index in [-0.39, 0.29) is 0 Å². The summed E-state index contributed by atoms with van der Waals surface area (Å²) in [5, 5.41) is 9.93. The fraction of sp³-hybridized carbons (Fsp3) is 1.00. The molecule has 0 saturated carbocycles. The molecular weight excluding hydrogens is 188 g/mol. The molecule has 3 N–H and O–H groups in total. The van der Waals surface area contributed by atoms with Crippen molar-refractivity contribution in [3.05, 3.63) is 0 Å². The monoisotopic (exact) mass is 214 g/mol. The van der Waals surface area contributed by atoms with Crippen molar-refractivity contribution < 1.29 is 5.11 Å². The quantitative estimate of drug-likeness (QED) is 0.736. The molecule has 3 heteroatoms. The Bertz CT molecular complexity index is 196. The number of hydrogen-bond donors (Lipinski definition) is 2. The smallest absolute Gasteiger partial charge is 0.0756 e. The van der Waals surface area contributed by atoms with Gasteiger partial charge >= 0.3 is 0 Å². The first kappa shape index (κ1) is 12.9. The number of rotatable bonds is 4. The van der Waals surface area contributed by atoms with E-state index in [1.165, 1.54) is 0 Å². The van der Waals surface area contributed by atoms with Crippen molar-refractivity contribution in [3.8, 4) is 0 Å². The van der Waals surface area contributed by atoms with Gasteiger partial charge in [0.2, 0.25) is 0 Å². The van der Waals surface area contributed by atoms with E-state index in [0.29, 0.717) is 12.6 Å². The third kappa shape index (κ3) is 3.44. The number of aliphatic hydroxyl groups is 1. The highest BCUT2D eigenvalue weighted by Gasteiger charge is 2.32.